The molecular weight excluding hydrogens is 366 g/mol. The Kier molecular flexibility index (Phi) is 4.21. The Balaban J connectivity index is 1.62. The summed E-state index contributed by atoms with van der Waals surface area (Å²) in [5, 5.41) is 3.65. The van der Waals surface area contributed by atoms with E-state index in [1.807, 2.05) is 26.2 Å². The van der Waals surface area contributed by atoms with Gasteiger partial charge in [-0.1, -0.05) is 26.0 Å². The highest BCUT2D eigenvalue weighted by Crippen LogP contribution is 2.47. The third-order valence-electron chi connectivity index (χ3n) is 6.12. The van der Waals surface area contributed by atoms with Crippen molar-refractivity contribution in [3.05, 3.63) is 95.6 Å². The van der Waals surface area contributed by atoms with Gasteiger partial charge in [0, 0.05) is 40.6 Å². The van der Waals surface area contributed by atoms with Crippen LogP contribution in [0.4, 0.5) is 11.4 Å². The minimum absolute atomic E-state index is 0.119. The molecule has 0 unspecified atom stereocenters. The van der Waals surface area contributed by atoms with E-state index in [9.17, 15) is 0 Å². The molecule has 3 heterocycles. The molecule has 5 rings (SSSR count). The van der Waals surface area contributed by atoms with E-state index in [2.05, 4.69) is 89.8 Å². The van der Waals surface area contributed by atoms with E-state index in [-0.39, 0.29) is 5.41 Å². The van der Waals surface area contributed by atoms with Gasteiger partial charge in [0.15, 0.2) is 0 Å². The van der Waals surface area contributed by atoms with Crippen LogP contribution in [0.1, 0.15) is 36.4 Å². The lowest BCUT2D eigenvalue weighted by Crippen LogP contribution is -2.26. The number of nitrogens with zero attached hydrogens (tertiary/aromatic N) is 2. The Bertz CT molecular complexity index is 1170. The highest BCUT2D eigenvalue weighted by atomic mass is 14.9. The number of aryl methyl sites for hydroxylation is 2. The van der Waals surface area contributed by atoms with E-state index in [0.717, 1.165) is 11.4 Å². The van der Waals surface area contributed by atoms with Gasteiger partial charge in [-0.2, -0.15) is 0 Å². The van der Waals surface area contributed by atoms with Crippen LogP contribution in [0.15, 0.2) is 73.1 Å². The number of aromatic nitrogens is 2. The van der Waals surface area contributed by atoms with Crippen LogP contribution in [0.3, 0.4) is 0 Å². The summed E-state index contributed by atoms with van der Waals surface area (Å²) in [6.45, 7) is 8.70. The van der Waals surface area contributed by atoms with Crippen LogP contribution >= 0.6 is 0 Å². The van der Waals surface area contributed by atoms with Crippen molar-refractivity contribution in [2.45, 2.75) is 33.1 Å². The molecule has 0 aliphatic carbocycles. The van der Waals surface area contributed by atoms with Crippen molar-refractivity contribution in [1.82, 2.24) is 9.97 Å². The lowest BCUT2D eigenvalue weighted by molar-refractivity contribution is 0.638. The number of pyridine rings is 2. The fraction of sp³-hybridized carbons (Fsp3) is 0.185. The molecule has 1 aliphatic heterocycles. The maximum atomic E-state index is 4.34. The van der Waals surface area contributed by atoms with Gasteiger partial charge in [-0.05, 0) is 95.8 Å². The van der Waals surface area contributed by atoms with Crippen molar-refractivity contribution < 1.29 is 0 Å². The second-order valence-corrected chi connectivity index (χ2v) is 8.64. The van der Waals surface area contributed by atoms with E-state index in [1.54, 1.807) is 0 Å². The molecule has 1 aliphatic rings. The zero-order valence-corrected chi connectivity index (χ0v) is 17.8. The van der Waals surface area contributed by atoms with Crippen molar-refractivity contribution in [2.75, 3.05) is 5.32 Å². The number of nitrogens with one attached hydrogen (secondary N) is 1. The van der Waals surface area contributed by atoms with Crippen LogP contribution in [0.2, 0.25) is 0 Å². The number of fused-ring (bicyclic) bond motifs is 2. The molecular formula is C27H25N3. The van der Waals surface area contributed by atoms with Crippen molar-refractivity contribution in [3.63, 3.8) is 0 Å². The maximum absolute atomic E-state index is 4.34. The first kappa shape index (κ1) is 18.6. The standard InChI is InChI=1S/C27H25N3/c1-17-13-21(9-11-28-17)19-5-7-25-23(15-19)27(3,4)24-16-20(6-8-26(24)30-25)22-10-12-29-18(2)14-22/h5-16,30H,1-4H3. The molecule has 4 aromatic rings. The second kappa shape index (κ2) is 6.81. The van der Waals surface area contributed by atoms with E-state index in [4.69, 9.17) is 0 Å². The average Bonchev–Trinajstić information content (AvgIpc) is 2.73. The van der Waals surface area contributed by atoms with Crippen LogP contribution in [-0.4, -0.2) is 9.97 Å². The summed E-state index contributed by atoms with van der Waals surface area (Å²) < 4.78 is 0. The molecule has 0 radical (unpaired) electrons. The molecule has 2 aromatic heterocycles. The van der Waals surface area contributed by atoms with Gasteiger partial charge < -0.3 is 5.32 Å². The first-order chi connectivity index (χ1) is 14.4. The SMILES string of the molecule is Cc1cc(-c2ccc3c(c2)C(C)(C)c2cc(-c4ccnc(C)c4)ccc2N3)ccn1. The van der Waals surface area contributed by atoms with E-state index in [1.165, 1.54) is 44.8 Å². The molecule has 0 bridgehead atoms. The molecule has 0 atom stereocenters. The molecule has 0 fully saturated rings. The van der Waals surface area contributed by atoms with Crippen LogP contribution < -0.4 is 5.32 Å². The third kappa shape index (κ3) is 3.07. The van der Waals surface area contributed by atoms with E-state index in [0.29, 0.717) is 0 Å². The lowest BCUT2D eigenvalue weighted by Gasteiger charge is -2.36. The Hall–Kier alpha value is -3.46. The number of rotatable bonds is 2. The fourth-order valence-electron chi connectivity index (χ4n) is 4.44. The second-order valence-electron chi connectivity index (χ2n) is 8.64. The van der Waals surface area contributed by atoms with Gasteiger partial charge in [0.2, 0.25) is 0 Å². The molecule has 3 nitrogen and oxygen atoms in total. The van der Waals surface area contributed by atoms with Crippen LogP contribution in [0.5, 0.6) is 0 Å². The molecule has 0 saturated carbocycles. The predicted molar refractivity (Wildman–Crippen MR) is 124 cm³/mol. The summed E-state index contributed by atoms with van der Waals surface area (Å²) in [5.41, 5.74) is 11.8. The topological polar surface area (TPSA) is 37.8 Å². The highest BCUT2D eigenvalue weighted by Gasteiger charge is 2.33. The van der Waals surface area contributed by atoms with Crippen LogP contribution in [0, 0.1) is 13.8 Å². The Morgan fingerprint density at radius 1 is 0.600 bits per heavy atom. The Morgan fingerprint density at radius 2 is 1.03 bits per heavy atom. The normalized spacial score (nSPS) is 13.9. The van der Waals surface area contributed by atoms with Crippen molar-refractivity contribution in [1.29, 1.82) is 0 Å². The summed E-state index contributed by atoms with van der Waals surface area (Å²) in [7, 11) is 0. The minimum Gasteiger partial charge on any atom is -0.355 e. The fourth-order valence-corrected chi connectivity index (χ4v) is 4.44. The molecule has 0 spiro atoms. The molecule has 3 heteroatoms. The third-order valence-corrected chi connectivity index (χ3v) is 6.12. The van der Waals surface area contributed by atoms with E-state index >= 15 is 0 Å². The van der Waals surface area contributed by atoms with Crippen molar-refractivity contribution >= 4 is 11.4 Å². The molecule has 0 amide bonds. The first-order valence-electron chi connectivity index (χ1n) is 10.3. The van der Waals surface area contributed by atoms with Crippen LogP contribution in [-0.2, 0) is 5.41 Å². The molecule has 2 aromatic carbocycles. The number of hydrogen-bond donors (Lipinski definition) is 1. The largest absolute Gasteiger partial charge is 0.355 e. The monoisotopic (exact) mass is 391 g/mol. The van der Waals surface area contributed by atoms with Gasteiger partial charge in [-0.15, -0.1) is 0 Å². The smallest absolute Gasteiger partial charge is 0.0426 e. The molecule has 30 heavy (non-hydrogen) atoms. The molecule has 0 saturated heterocycles. The molecule has 148 valence electrons. The van der Waals surface area contributed by atoms with Crippen molar-refractivity contribution in [2.24, 2.45) is 0 Å². The first-order valence-corrected chi connectivity index (χ1v) is 10.3. The number of anilines is 2. The average molecular weight is 392 g/mol. The van der Waals surface area contributed by atoms with Gasteiger partial charge in [-0.3, -0.25) is 9.97 Å². The Morgan fingerprint density at radius 3 is 1.47 bits per heavy atom. The van der Waals surface area contributed by atoms with Gasteiger partial charge in [-0.25, -0.2) is 0 Å². The summed E-state index contributed by atoms with van der Waals surface area (Å²) in [4.78, 5) is 8.68. The van der Waals surface area contributed by atoms with E-state index < -0.39 is 0 Å². The summed E-state index contributed by atoms with van der Waals surface area (Å²) in [6.07, 6.45) is 3.76. The minimum atomic E-state index is -0.119. The number of benzene rings is 2. The van der Waals surface area contributed by atoms with Gasteiger partial charge >= 0.3 is 0 Å². The Labute approximate surface area is 177 Å². The van der Waals surface area contributed by atoms with Gasteiger partial charge in [0.1, 0.15) is 0 Å². The highest BCUT2D eigenvalue weighted by molar-refractivity contribution is 5.81. The zero-order chi connectivity index (χ0) is 20.9. The van der Waals surface area contributed by atoms with Gasteiger partial charge in [0.25, 0.3) is 0 Å². The zero-order valence-electron chi connectivity index (χ0n) is 17.8. The summed E-state index contributed by atoms with van der Waals surface area (Å²) in [6, 6.07) is 21.9. The van der Waals surface area contributed by atoms with Crippen molar-refractivity contribution in [3.8, 4) is 22.3 Å². The van der Waals surface area contributed by atoms with Crippen LogP contribution in [0.25, 0.3) is 22.3 Å². The summed E-state index contributed by atoms with van der Waals surface area (Å²) in [5.74, 6) is 0. The van der Waals surface area contributed by atoms with Gasteiger partial charge in [0.05, 0.1) is 0 Å². The summed E-state index contributed by atoms with van der Waals surface area (Å²) >= 11 is 0. The lowest BCUT2D eigenvalue weighted by atomic mass is 9.73. The predicted octanol–water partition coefficient (Wildman–Crippen LogP) is 6.81. The maximum Gasteiger partial charge on any atom is 0.0426 e. The molecule has 1 N–H and O–H groups in total. The number of hydrogen-bond acceptors (Lipinski definition) is 3. The quantitative estimate of drug-likeness (QED) is 0.408.